The van der Waals surface area contributed by atoms with Gasteiger partial charge in [0, 0.05) is 0 Å². The highest BCUT2D eigenvalue weighted by molar-refractivity contribution is 5.98. The highest BCUT2D eigenvalue weighted by atomic mass is 16.6. The Morgan fingerprint density at radius 2 is 1.08 bits per heavy atom. The van der Waals surface area contributed by atoms with Gasteiger partial charge in [0.25, 0.3) is 0 Å². The molecule has 0 bridgehead atoms. The van der Waals surface area contributed by atoms with Gasteiger partial charge in [0.2, 0.25) is 17.7 Å². The molecule has 0 aromatic carbocycles. The van der Waals surface area contributed by atoms with E-state index in [4.69, 9.17) is 9.47 Å². The molecule has 2 aliphatic rings. The molecule has 2 fully saturated rings. The van der Waals surface area contributed by atoms with Crippen LogP contribution >= 0.6 is 0 Å². The summed E-state index contributed by atoms with van der Waals surface area (Å²) in [6.45, 7) is 25.6. The van der Waals surface area contributed by atoms with Crippen molar-refractivity contribution in [2.24, 2.45) is 47.3 Å². The number of esters is 1. The van der Waals surface area contributed by atoms with Crippen molar-refractivity contribution in [3.05, 3.63) is 0 Å². The maximum absolute atomic E-state index is 14.8. The number of rotatable bonds is 14. The number of carbonyl (C=O) groups is 5. The fourth-order valence-corrected chi connectivity index (χ4v) is 8.65. The summed E-state index contributed by atoms with van der Waals surface area (Å²) in [5.41, 5.74) is -3.39. The number of hydrogen-bond acceptors (Lipinski definition) is 7. The molecule has 0 heterocycles. The van der Waals surface area contributed by atoms with E-state index >= 15 is 0 Å². The number of methoxy groups -OCH3 is 1. The lowest BCUT2D eigenvalue weighted by molar-refractivity contribution is -0.149. The standard InChI is InChI=1S/C40H72N4O7/c1-23(2)19-31(41-36(48)40(44-37(49)51-38(11,12)13)22-28(10)16-18-30(40)26(7)8)33(45)43-39(21-27(9)15-17-29(39)25(5)6)35(47)42-32(20-24(3)4)34(46)50-14/h23-32H,15-22H2,1-14H3,(H,41,48)(H,42,47)(H,43,45)(H,44,49)/t27-,28-,29+,30+,31+,32+,39+,40+/m1/s1. The minimum atomic E-state index is -1.32. The van der Waals surface area contributed by atoms with E-state index in [1.165, 1.54) is 7.11 Å². The van der Waals surface area contributed by atoms with Crippen LogP contribution in [-0.4, -0.2) is 65.7 Å². The van der Waals surface area contributed by atoms with Gasteiger partial charge in [0.05, 0.1) is 7.11 Å². The molecule has 0 radical (unpaired) electrons. The Labute approximate surface area is 308 Å². The van der Waals surface area contributed by atoms with Gasteiger partial charge >= 0.3 is 12.1 Å². The Balaban J connectivity index is 2.62. The lowest BCUT2D eigenvalue weighted by Crippen LogP contribution is -2.71. The Hall–Kier alpha value is -2.85. The Morgan fingerprint density at radius 1 is 0.667 bits per heavy atom. The van der Waals surface area contributed by atoms with Crippen LogP contribution in [0, 0.1) is 47.3 Å². The van der Waals surface area contributed by atoms with E-state index < -0.39 is 58.5 Å². The smallest absolute Gasteiger partial charge is 0.408 e. The van der Waals surface area contributed by atoms with Crippen LogP contribution in [0.1, 0.15) is 141 Å². The van der Waals surface area contributed by atoms with Crippen LogP contribution in [0.15, 0.2) is 0 Å². The number of ether oxygens (including phenoxy) is 2. The molecule has 2 aliphatic carbocycles. The zero-order valence-corrected chi connectivity index (χ0v) is 34.3. The van der Waals surface area contributed by atoms with Crippen LogP contribution in [0.4, 0.5) is 4.79 Å². The van der Waals surface area contributed by atoms with Crippen molar-refractivity contribution in [1.29, 1.82) is 0 Å². The van der Waals surface area contributed by atoms with Crippen LogP contribution in [0.5, 0.6) is 0 Å². The van der Waals surface area contributed by atoms with Crippen LogP contribution in [0.2, 0.25) is 0 Å². The van der Waals surface area contributed by atoms with Gasteiger partial charge in [-0.2, -0.15) is 0 Å². The second-order valence-electron chi connectivity index (χ2n) is 18.4. The van der Waals surface area contributed by atoms with E-state index in [2.05, 4.69) is 62.8 Å². The first-order chi connectivity index (χ1) is 23.5. The second kappa shape index (κ2) is 18.3. The average Bonchev–Trinajstić information content (AvgIpc) is 2.97. The fourth-order valence-electron chi connectivity index (χ4n) is 8.65. The summed E-state index contributed by atoms with van der Waals surface area (Å²) < 4.78 is 10.7. The van der Waals surface area contributed by atoms with E-state index in [9.17, 15) is 24.0 Å². The van der Waals surface area contributed by atoms with Crippen molar-refractivity contribution in [2.45, 2.75) is 170 Å². The number of nitrogens with one attached hydrogen (secondary N) is 4. The molecule has 0 saturated heterocycles. The molecule has 0 aromatic rings. The first kappa shape index (κ1) is 44.3. The number of carbonyl (C=O) groups excluding carboxylic acids is 5. The van der Waals surface area contributed by atoms with Gasteiger partial charge in [-0.05, 0) is 107 Å². The van der Waals surface area contributed by atoms with Crippen LogP contribution in [-0.2, 0) is 28.7 Å². The number of alkyl carbamates (subject to hydrolysis) is 1. The summed E-state index contributed by atoms with van der Waals surface area (Å²) in [7, 11) is 1.31. The highest BCUT2D eigenvalue weighted by Gasteiger charge is 2.54. The molecule has 4 amide bonds. The molecule has 4 N–H and O–H groups in total. The van der Waals surface area contributed by atoms with Crippen LogP contribution in [0.25, 0.3) is 0 Å². The Kier molecular flexibility index (Phi) is 15.9. The molecular weight excluding hydrogens is 648 g/mol. The van der Waals surface area contributed by atoms with Crippen LogP contribution < -0.4 is 21.3 Å². The average molecular weight is 721 g/mol. The summed E-state index contributed by atoms with van der Waals surface area (Å²) in [6.07, 6.45) is 4.10. The molecule has 0 aliphatic heterocycles. The first-order valence-corrected chi connectivity index (χ1v) is 19.5. The summed E-state index contributed by atoms with van der Waals surface area (Å²) >= 11 is 0. The van der Waals surface area contributed by atoms with Crippen molar-refractivity contribution >= 4 is 29.8 Å². The van der Waals surface area contributed by atoms with E-state index in [0.717, 1.165) is 25.7 Å². The summed E-state index contributed by atoms with van der Waals surface area (Å²) in [6, 6.07) is -1.85. The lowest BCUT2D eigenvalue weighted by Gasteiger charge is -2.49. The minimum Gasteiger partial charge on any atom is -0.467 e. The van der Waals surface area contributed by atoms with Gasteiger partial charge in [-0.25, -0.2) is 9.59 Å². The summed E-state index contributed by atoms with van der Waals surface area (Å²) in [5, 5.41) is 12.3. The Bertz CT molecular complexity index is 1210. The van der Waals surface area contributed by atoms with Crippen molar-refractivity contribution in [2.75, 3.05) is 7.11 Å². The van der Waals surface area contributed by atoms with Gasteiger partial charge < -0.3 is 30.7 Å². The molecule has 8 atom stereocenters. The summed E-state index contributed by atoms with van der Waals surface area (Å²) in [4.78, 5) is 70.3. The van der Waals surface area contributed by atoms with E-state index in [1.807, 2.05) is 27.7 Å². The first-order valence-electron chi connectivity index (χ1n) is 19.5. The molecule has 2 saturated carbocycles. The molecule has 51 heavy (non-hydrogen) atoms. The zero-order valence-electron chi connectivity index (χ0n) is 34.3. The molecule has 0 spiro atoms. The zero-order chi connectivity index (χ0) is 39.1. The van der Waals surface area contributed by atoms with Crippen molar-refractivity contribution < 1.29 is 33.4 Å². The minimum absolute atomic E-state index is 0.0210. The van der Waals surface area contributed by atoms with Gasteiger partial charge in [-0.3, -0.25) is 14.4 Å². The molecule has 11 heteroatoms. The maximum Gasteiger partial charge on any atom is 0.408 e. The molecular formula is C40H72N4O7. The molecule has 0 aromatic heterocycles. The topological polar surface area (TPSA) is 152 Å². The van der Waals surface area contributed by atoms with Gasteiger partial charge in [-0.1, -0.05) is 82.1 Å². The van der Waals surface area contributed by atoms with Gasteiger partial charge in [-0.15, -0.1) is 0 Å². The molecule has 294 valence electrons. The number of amides is 4. The monoisotopic (exact) mass is 721 g/mol. The summed E-state index contributed by atoms with van der Waals surface area (Å²) in [5.74, 6) is -1.71. The predicted molar refractivity (Wildman–Crippen MR) is 200 cm³/mol. The van der Waals surface area contributed by atoms with E-state index in [-0.39, 0.29) is 47.3 Å². The second-order valence-corrected chi connectivity index (χ2v) is 18.4. The van der Waals surface area contributed by atoms with Crippen molar-refractivity contribution in [3.63, 3.8) is 0 Å². The van der Waals surface area contributed by atoms with Gasteiger partial charge in [0.15, 0.2) is 0 Å². The van der Waals surface area contributed by atoms with E-state index in [1.54, 1.807) is 20.8 Å². The van der Waals surface area contributed by atoms with Crippen molar-refractivity contribution in [1.82, 2.24) is 21.3 Å². The Morgan fingerprint density at radius 3 is 1.47 bits per heavy atom. The third kappa shape index (κ3) is 11.8. The van der Waals surface area contributed by atoms with Crippen molar-refractivity contribution in [3.8, 4) is 0 Å². The third-order valence-electron chi connectivity index (χ3n) is 10.9. The highest BCUT2D eigenvalue weighted by Crippen LogP contribution is 2.43. The third-order valence-corrected chi connectivity index (χ3v) is 10.9. The lowest BCUT2D eigenvalue weighted by atomic mass is 9.64. The number of hydrogen-bond donors (Lipinski definition) is 4. The predicted octanol–water partition coefficient (Wildman–Crippen LogP) is 6.52. The van der Waals surface area contributed by atoms with Crippen LogP contribution in [0.3, 0.4) is 0 Å². The largest absolute Gasteiger partial charge is 0.467 e. The van der Waals surface area contributed by atoms with E-state index in [0.29, 0.717) is 25.7 Å². The molecule has 2 rings (SSSR count). The SMILES string of the molecule is COC(=O)[C@H](CC(C)C)NC(=O)[C@]1(NC(=O)[C@H](CC(C)C)NC(=O)[C@]2(NC(=O)OC(C)(C)C)C[C@H](C)CC[C@H]2C(C)C)C[C@H](C)CC[C@H]1C(C)C. The normalized spacial score (nSPS) is 28.2. The fraction of sp³-hybridized carbons (Fsp3) is 0.875. The molecule has 0 unspecified atom stereocenters. The quantitative estimate of drug-likeness (QED) is 0.149. The molecule has 11 nitrogen and oxygen atoms in total. The maximum atomic E-state index is 14.8. The van der Waals surface area contributed by atoms with Gasteiger partial charge in [0.1, 0.15) is 28.8 Å².